The Morgan fingerprint density at radius 1 is 1.22 bits per heavy atom. The highest BCUT2D eigenvalue weighted by molar-refractivity contribution is 5.85. The van der Waals surface area contributed by atoms with Crippen molar-refractivity contribution in [1.29, 1.82) is 0 Å². The summed E-state index contributed by atoms with van der Waals surface area (Å²) in [6.45, 7) is 7.32. The summed E-state index contributed by atoms with van der Waals surface area (Å²) in [6, 6.07) is 3.51. The van der Waals surface area contributed by atoms with Gasteiger partial charge in [0.25, 0.3) is 0 Å². The molecular weight excluding hydrogens is 352 g/mol. The molecule has 0 aromatic heterocycles. The summed E-state index contributed by atoms with van der Waals surface area (Å²) in [6.07, 6.45) is 0. The van der Waals surface area contributed by atoms with Crippen LogP contribution in [0.2, 0.25) is 0 Å². The number of anilines is 1. The zero-order valence-electron chi connectivity index (χ0n) is 16.5. The molecule has 6 nitrogen and oxygen atoms in total. The Balaban J connectivity index is 2.04. The number of amides is 1. The molecule has 1 aliphatic rings. The zero-order chi connectivity index (χ0) is 20.0. The first-order chi connectivity index (χ1) is 12.8. The molecule has 0 saturated carbocycles. The Labute approximate surface area is 159 Å². The van der Waals surface area contributed by atoms with Gasteiger partial charge in [0, 0.05) is 52.9 Å². The lowest BCUT2D eigenvalue weighted by atomic mass is 10.2. The number of guanidine groups is 1. The number of hydrogen-bond donors (Lipinski definition) is 1. The smallest absolute Gasteiger partial charge is 0.243 e. The maximum Gasteiger partial charge on any atom is 0.243 e. The number of rotatable bonds is 5. The average Bonchev–Trinajstić information content (AvgIpc) is 2.63. The lowest BCUT2D eigenvalue weighted by Crippen LogP contribution is -2.53. The Kier molecular flexibility index (Phi) is 7.38. The van der Waals surface area contributed by atoms with Crippen LogP contribution in [-0.4, -0.2) is 75.0 Å². The maximum absolute atomic E-state index is 14.0. The number of aliphatic imine (C=N–C) groups is 1. The molecule has 150 valence electrons. The predicted molar refractivity (Wildman–Crippen MR) is 104 cm³/mol. The van der Waals surface area contributed by atoms with Gasteiger partial charge in [-0.3, -0.25) is 4.79 Å². The van der Waals surface area contributed by atoms with Crippen LogP contribution in [0, 0.1) is 17.6 Å². The lowest BCUT2D eigenvalue weighted by Gasteiger charge is -2.38. The molecule has 0 bridgehead atoms. The predicted octanol–water partition coefficient (Wildman–Crippen LogP) is 1.78. The number of piperazine rings is 1. The highest BCUT2D eigenvalue weighted by Gasteiger charge is 2.22. The summed E-state index contributed by atoms with van der Waals surface area (Å²) >= 11 is 0. The lowest BCUT2D eigenvalue weighted by molar-refractivity contribution is -0.127. The van der Waals surface area contributed by atoms with Crippen molar-refractivity contribution in [1.82, 2.24) is 15.1 Å². The third-order valence-electron chi connectivity index (χ3n) is 4.36. The van der Waals surface area contributed by atoms with Crippen LogP contribution in [0.15, 0.2) is 23.2 Å². The van der Waals surface area contributed by atoms with Crippen molar-refractivity contribution in [2.24, 2.45) is 10.9 Å². The normalized spacial score (nSPS) is 15.3. The van der Waals surface area contributed by atoms with Gasteiger partial charge in [-0.2, -0.15) is 0 Å². The van der Waals surface area contributed by atoms with Gasteiger partial charge in [-0.15, -0.1) is 0 Å². The number of nitrogens with one attached hydrogen (secondary N) is 1. The number of likely N-dealkylation sites (N-methyl/N-ethyl adjacent to an activating group) is 1. The van der Waals surface area contributed by atoms with Crippen LogP contribution in [0.1, 0.15) is 13.8 Å². The van der Waals surface area contributed by atoms with Crippen molar-refractivity contribution >= 4 is 17.6 Å². The second kappa shape index (κ2) is 9.53. The molecule has 1 fully saturated rings. The first kappa shape index (κ1) is 20.9. The zero-order valence-corrected chi connectivity index (χ0v) is 16.5. The molecule has 1 amide bonds. The minimum absolute atomic E-state index is 0.0701. The van der Waals surface area contributed by atoms with E-state index in [2.05, 4.69) is 29.1 Å². The molecule has 0 atom stereocenters. The standard InChI is InChI=1S/C19H29F2N5O/c1-14(2)12-22-19(23-13-18(27)24(3)4)26-9-7-25(8-10-26)17-11-15(20)5-6-16(17)21/h5-6,11,14H,7-10,12-13H2,1-4H3,(H,22,23). The van der Waals surface area contributed by atoms with Crippen LogP contribution in [0.5, 0.6) is 0 Å². The third-order valence-corrected chi connectivity index (χ3v) is 4.36. The first-order valence-electron chi connectivity index (χ1n) is 9.21. The molecule has 0 aliphatic carbocycles. The second-order valence-corrected chi connectivity index (χ2v) is 7.27. The molecule has 1 aromatic rings. The van der Waals surface area contributed by atoms with E-state index in [1.807, 2.05) is 4.90 Å². The Morgan fingerprint density at radius 2 is 1.89 bits per heavy atom. The average molecular weight is 381 g/mol. The van der Waals surface area contributed by atoms with E-state index in [4.69, 9.17) is 0 Å². The fourth-order valence-electron chi connectivity index (χ4n) is 2.73. The molecular formula is C19H29F2N5O. The van der Waals surface area contributed by atoms with E-state index in [-0.39, 0.29) is 18.1 Å². The van der Waals surface area contributed by atoms with Crippen LogP contribution in [0.4, 0.5) is 14.5 Å². The largest absolute Gasteiger partial charge is 0.366 e. The fraction of sp³-hybridized carbons (Fsp3) is 0.579. The van der Waals surface area contributed by atoms with E-state index >= 15 is 0 Å². The third kappa shape index (κ3) is 6.08. The molecule has 0 unspecified atom stereocenters. The van der Waals surface area contributed by atoms with Crippen LogP contribution in [0.3, 0.4) is 0 Å². The number of hydrogen-bond acceptors (Lipinski definition) is 3. The molecule has 27 heavy (non-hydrogen) atoms. The first-order valence-corrected chi connectivity index (χ1v) is 9.21. The van der Waals surface area contributed by atoms with Crippen molar-refractivity contribution in [3.05, 3.63) is 29.8 Å². The van der Waals surface area contributed by atoms with Crippen molar-refractivity contribution in [2.45, 2.75) is 13.8 Å². The van der Waals surface area contributed by atoms with Crippen LogP contribution in [-0.2, 0) is 4.79 Å². The van der Waals surface area contributed by atoms with Gasteiger partial charge < -0.3 is 20.0 Å². The van der Waals surface area contributed by atoms with Gasteiger partial charge >= 0.3 is 0 Å². The van der Waals surface area contributed by atoms with E-state index in [9.17, 15) is 13.6 Å². The van der Waals surface area contributed by atoms with Crippen LogP contribution < -0.4 is 10.2 Å². The quantitative estimate of drug-likeness (QED) is 0.624. The molecule has 1 heterocycles. The minimum Gasteiger partial charge on any atom is -0.366 e. The van der Waals surface area contributed by atoms with Gasteiger partial charge in [-0.25, -0.2) is 13.8 Å². The molecule has 2 rings (SSSR count). The van der Waals surface area contributed by atoms with E-state index in [0.29, 0.717) is 38.1 Å². The molecule has 8 heteroatoms. The topological polar surface area (TPSA) is 51.2 Å². The number of benzene rings is 1. The van der Waals surface area contributed by atoms with E-state index in [1.165, 1.54) is 11.0 Å². The summed E-state index contributed by atoms with van der Waals surface area (Å²) in [7, 11) is 3.40. The van der Waals surface area contributed by atoms with Crippen molar-refractivity contribution < 1.29 is 13.6 Å². The Bertz CT molecular complexity index is 670. The molecule has 0 radical (unpaired) electrons. The van der Waals surface area contributed by atoms with Crippen LogP contribution in [0.25, 0.3) is 0 Å². The summed E-state index contributed by atoms with van der Waals surface area (Å²) in [4.78, 5) is 21.7. The summed E-state index contributed by atoms with van der Waals surface area (Å²) < 4.78 is 27.5. The number of carbonyl (C=O) groups is 1. The van der Waals surface area contributed by atoms with Gasteiger partial charge in [0.15, 0.2) is 5.96 Å². The number of halogens is 2. The number of nitrogens with zero attached hydrogens (tertiary/aromatic N) is 4. The van der Waals surface area contributed by atoms with Gasteiger partial charge in [0.2, 0.25) is 5.91 Å². The van der Waals surface area contributed by atoms with E-state index in [0.717, 1.165) is 18.7 Å². The monoisotopic (exact) mass is 381 g/mol. The summed E-state index contributed by atoms with van der Waals surface area (Å²) in [5, 5.41) is 3.31. The number of carbonyl (C=O) groups excluding carboxylic acids is 1. The second-order valence-electron chi connectivity index (χ2n) is 7.27. The van der Waals surface area contributed by atoms with Gasteiger partial charge in [-0.05, 0) is 18.1 Å². The molecule has 1 aliphatic heterocycles. The highest BCUT2D eigenvalue weighted by atomic mass is 19.1. The fourth-order valence-corrected chi connectivity index (χ4v) is 2.73. The minimum atomic E-state index is -0.447. The summed E-state index contributed by atoms with van der Waals surface area (Å²) in [5.74, 6) is 0.171. The van der Waals surface area contributed by atoms with Gasteiger partial charge in [0.05, 0.1) is 5.69 Å². The molecule has 1 aromatic carbocycles. The maximum atomic E-state index is 14.0. The van der Waals surface area contributed by atoms with Gasteiger partial charge in [-0.1, -0.05) is 13.8 Å². The summed E-state index contributed by atoms with van der Waals surface area (Å²) in [5.41, 5.74) is 0.283. The van der Waals surface area contributed by atoms with Gasteiger partial charge in [0.1, 0.15) is 18.2 Å². The van der Waals surface area contributed by atoms with Crippen molar-refractivity contribution in [2.75, 3.05) is 58.3 Å². The molecule has 1 N–H and O–H groups in total. The van der Waals surface area contributed by atoms with Crippen molar-refractivity contribution in [3.8, 4) is 0 Å². The van der Waals surface area contributed by atoms with E-state index in [1.54, 1.807) is 14.1 Å². The molecule has 0 spiro atoms. The van der Waals surface area contributed by atoms with Crippen molar-refractivity contribution in [3.63, 3.8) is 0 Å². The van der Waals surface area contributed by atoms with Crippen LogP contribution >= 0.6 is 0 Å². The Hall–Kier alpha value is -2.38. The SMILES string of the molecule is CC(C)CNC(=NCC(=O)N(C)C)N1CCN(c2cc(F)ccc2F)CC1. The van der Waals surface area contributed by atoms with E-state index < -0.39 is 11.6 Å². The Morgan fingerprint density at radius 3 is 2.48 bits per heavy atom. The highest BCUT2D eigenvalue weighted by Crippen LogP contribution is 2.21. The molecule has 1 saturated heterocycles.